The number of rotatable bonds is 5. The third-order valence-corrected chi connectivity index (χ3v) is 4.46. The molecule has 0 radical (unpaired) electrons. The Balaban J connectivity index is 1.62. The predicted octanol–water partition coefficient (Wildman–Crippen LogP) is 2.16. The zero-order valence-electron chi connectivity index (χ0n) is 15.0. The largest absolute Gasteiger partial charge is 0.469 e. The number of aryl methyl sites for hydroxylation is 3. The molecule has 3 aromatic heterocycles. The number of carbonyl (C=O) groups is 1. The molecule has 0 N–H and O–H groups in total. The third kappa shape index (κ3) is 3.10. The molecule has 0 fully saturated rings. The Kier molecular flexibility index (Phi) is 4.23. The van der Waals surface area contributed by atoms with Crippen LogP contribution in [0.2, 0.25) is 0 Å². The molecule has 0 saturated heterocycles. The van der Waals surface area contributed by atoms with E-state index >= 15 is 0 Å². The molecule has 8 nitrogen and oxygen atoms in total. The normalized spacial score (nSPS) is 11.3. The van der Waals surface area contributed by atoms with Crippen molar-refractivity contribution in [2.75, 3.05) is 0 Å². The van der Waals surface area contributed by atoms with Gasteiger partial charge >= 0.3 is 5.97 Å². The lowest BCUT2D eigenvalue weighted by atomic mass is 10.1. The SMILES string of the molecule is Cc1ccc2c(c1)c(=O)n(C)c1nnc(COC(=O)CCc3ccco3)n21. The van der Waals surface area contributed by atoms with Crippen LogP contribution in [0.5, 0.6) is 0 Å². The molecule has 4 rings (SSSR count). The van der Waals surface area contributed by atoms with Gasteiger partial charge in [0.05, 0.1) is 23.6 Å². The van der Waals surface area contributed by atoms with E-state index in [1.54, 1.807) is 23.8 Å². The van der Waals surface area contributed by atoms with Gasteiger partial charge in [-0.2, -0.15) is 0 Å². The van der Waals surface area contributed by atoms with Gasteiger partial charge in [-0.1, -0.05) is 11.6 Å². The molecule has 0 atom stereocenters. The minimum Gasteiger partial charge on any atom is -0.469 e. The maximum atomic E-state index is 12.6. The molecule has 0 bridgehead atoms. The van der Waals surface area contributed by atoms with Crippen LogP contribution in [0.15, 0.2) is 45.8 Å². The van der Waals surface area contributed by atoms with Gasteiger partial charge in [0.15, 0.2) is 12.4 Å². The van der Waals surface area contributed by atoms with Gasteiger partial charge < -0.3 is 9.15 Å². The molecule has 0 amide bonds. The monoisotopic (exact) mass is 366 g/mol. The van der Waals surface area contributed by atoms with Gasteiger partial charge in [0.2, 0.25) is 5.78 Å². The standard InChI is InChI=1S/C19H18N4O4/c1-12-5-7-15-14(10-12)18(25)22(2)19-21-20-16(23(15)19)11-27-17(24)8-6-13-4-3-9-26-13/h3-5,7,9-10H,6,8,11H2,1-2H3. The van der Waals surface area contributed by atoms with E-state index in [2.05, 4.69) is 10.2 Å². The summed E-state index contributed by atoms with van der Waals surface area (Å²) in [6, 6.07) is 9.19. The second-order valence-electron chi connectivity index (χ2n) is 6.38. The molecule has 1 aromatic carbocycles. The van der Waals surface area contributed by atoms with Crippen LogP contribution in [0, 0.1) is 6.92 Å². The lowest BCUT2D eigenvalue weighted by Crippen LogP contribution is -2.20. The van der Waals surface area contributed by atoms with Crippen LogP contribution in [0.4, 0.5) is 0 Å². The second-order valence-corrected chi connectivity index (χ2v) is 6.38. The maximum absolute atomic E-state index is 12.6. The van der Waals surface area contributed by atoms with Crippen molar-refractivity contribution in [3.8, 4) is 0 Å². The van der Waals surface area contributed by atoms with Gasteiger partial charge in [0, 0.05) is 13.5 Å². The van der Waals surface area contributed by atoms with Crippen LogP contribution in [0.1, 0.15) is 23.6 Å². The molecule has 0 spiro atoms. The van der Waals surface area contributed by atoms with Crippen molar-refractivity contribution in [2.45, 2.75) is 26.4 Å². The number of esters is 1. The molecule has 0 saturated carbocycles. The van der Waals surface area contributed by atoms with Gasteiger partial charge in [0.25, 0.3) is 5.56 Å². The number of furan rings is 1. The lowest BCUT2D eigenvalue weighted by molar-refractivity contribution is -0.145. The summed E-state index contributed by atoms with van der Waals surface area (Å²) in [6.07, 6.45) is 2.26. The average Bonchev–Trinajstić information content (AvgIpc) is 3.32. The van der Waals surface area contributed by atoms with E-state index in [0.717, 1.165) is 11.3 Å². The predicted molar refractivity (Wildman–Crippen MR) is 97.3 cm³/mol. The summed E-state index contributed by atoms with van der Waals surface area (Å²) in [5.41, 5.74) is 1.53. The maximum Gasteiger partial charge on any atom is 0.306 e. The van der Waals surface area contributed by atoms with Crippen LogP contribution in [0.25, 0.3) is 16.7 Å². The Hall–Kier alpha value is -3.42. The van der Waals surface area contributed by atoms with Crippen molar-refractivity contribution in [1.29, 1.82) is 0 Å². The molecule has 0 aliphatic heterocycles. The van der Waals surface area contributed by atoms with E-state index in [1.807, 2.05) is 31.2 Å². The number of hydrogen-bond acceptors (Lipinski definition) is 6. The zero-order valence-corrected chi connectivity index (χ0v) is 15.0. The fourth-order valence-electron chi connectivity index (χ4n) is 3.05. The van der Waals surface area contributed by atoms with Crippen LogP contribution >= 0.6 is 0 Å². The fourth-order valence-corrected chi connectivity index (χ4v) is 3.05. The van der Waals surface area contributed by atoms with E-state index < -0.39 is 0 Å². The van der Waals surface area contributed by atoms with Crippen molar-refractivity contribution in [3.05, 3.63) is 64.1 Å². The molecule has 0 aliphatic carbocycles. The van der Waals surface area contributed by atoms with Gasteiger partial charge in [-0.25, -0.2) is 0 Å². The summed E-state index contributed by atoms with van der Waals surface area (Å²) in [5.74, 6) is 1.24. The van der Waals surface area contributed by atoms with Gasteiger partial charge in [0.1, 0.15) is 5.76 Å². The highest BCUT2D eigenvalue weighted by atomic mass is 16.5. The van der Waals surface area contributed by atoms with Crippen molar-refractivity contribution in [1.82, 2.24) is 19.2 Å². The first-order valence-electron chi connectivity index (χ1n) is 8.56. The highest BCUT2D eigenvalue weighted by Crippen LogP contribution is 2.16. The van der Waals surface area contributed by atoms with E-state index in [-0.39, 0.29) is 24.6 Å². The van der Waals surface area contributed by atoms with Crippen molar-refractivity contribution in [3.63, 3.8) is 0 Å². The first kappa shape index (κ1) is 17.0. The van der Waals surface area contributed by atoms with Gasteiger partial charge in [-0.05, 0) is 31.2 Å². The van der Waals surface area contributed by atoms with E-state index in [1.165, 1.54) is 4.57 Å². The van der Waals surface area contributed by atoms with Gasteiger partial charge in [-0.3, -0.25) is 18.6 Å². The quantitative estimate of drug-likeness (QED) is 0.503. The minimum atomic E-state index is -0.354. The molecular formula is C19H18N4O4. The summed E-state index contributed by atoms with van der Waals surface area (Å²) < 4.78 is 13.7. The number of hydrogen-bond donors (Lipinski definition) is 0. The fraction of sp³-hybridized carbons (Fsp3) is 0.263. The average molecular weight is 366 g/mol. The van der Waals surface area contributed by atoms with Crippen LogP contribution in [0.3, 0.4) is 0 Å². The highest BCUT2D eigenvalue weighted by Gasteiger charge is 2.16. The smallest absolute Gasteiger partial charge is 0.306 e. The third-order valence-electron chi connectivity index (χ3n) is 4.46. The van der Waals surface area contributed by atoms with E-state index in [0.29, 0.717) is 28.9 Å². The minimum absolute atomic E-state index is 0.0284. The topological polar surface area (TPSA) is 91.6 Å². The zero-order chi connectivity index (χ0) is 19.0. The Labute approximate surface area is 154 Å². The summed E-state index contributed by atoms with van der Waals surface area (Å²) >= 11 is 0. The second kappa shape index (κ2) is 6.71. The Bertz CT molecular complexity index is 1190. The van der Waals surface area contributed by atoms with Gasteiger partial charge in [-0.15, -0.1) is 10.2 Å². The molecule has 3 heterocycles. The Morgan fingerprint density at radius 2 is 2.11 bits per heavy atom. The van der Waals surface area contributed by atoms with Crippen LogP contribution in [-0.2, 0) is 29.6 Å². The Morgan fingerprint density at radius 3 is 2.89 bits per heavy atom. The van der Waals surface area contributed by atoms with Crippen LogP contribution < -0.4 is 5.56 Å². The molecule has 138 valence electrons. The van der Waals surface area contributed by atoms with Crippen molar-refractivity contribution < 1.29 is 13.9 Å². The number of fused-ring (bicyclic) bond motifs is 3. The number of aromatic nitrogens is 4. The number of nitrogens with zero attached hydrogens (tertiary/aromatic N) is 4. The number of carbonyl (C=O) groups excluding carboxylic acids is 1. The summed E-state index contributed by atoms with van der Waals surface area (Å²) in [4.78, 5) is 24.6. The molecule has 27 heavy (non-hydrogen) atoms. The molecule has 0 aliphatic rings. The molecule has 0 unspecified atom stereocenters. The summed E-state index contributed by atoms with van der Waals surface area (Å²) in [7, 11) is 1.65. The first-order valence-corrected chi connectivity index (χ1v) is 8.56. The number of benzene rings is 1. The first-order chi connectivity index (χ1) is 13.0. The van der Waals surface area contributed by atoms with E-state index in [9.17, 15) is 9.59 Å². The summed E-state index contributed by atoms with van der Waals surface area (Å²) in [5, 5.41) is 8.76. The highest BCUT2D eigenvalue weighted by molar-refractivity contribution is 5.81. The van der Waals surface area contributed by atoms with E-state index in [4.69, 9.17) is 9.15 Å². The van der Waals surface area contributed by atoms with Crippen LogP contribution in [-0.4, -0.2) is 25.1 Å². The number of ether oxygens (including phenoxy) is 1. The van der Waals surface area contributed by atoms with Crippen molar-refractivity contribution >= 4 is 22.6 Å². The summed E-state index contributed by atoms with van der Waals surface area (Å²) in [6.45, 7) is 1.90. The lowest BCUT2D eigenvalue weighted by Gasteiger charge is -2.09. The molecule has 4 aromatic rings. The Morgan fingerprint density at radius 1 is 1.26 bits per heavy atom. The molecule has 8 heteroatoms. The van der Waals surface area contributed by atoms with Crippen molar-refractivity contribution in [2.24, 2.45) is 7.05 Å². The molecular weight excluding hydrogens is 348 g/mol.